The Morgan fingerprint density at radius 2 is 1.95 bits per heavy atom. The molecule has 0 aliphatic carbocycles. The van der Waals surface area contributed by atoms with Gasteiger partial charge in [0, 0.05) is 29.7 Å². The molecule has 2 aromatic carbocycles. The molecule has 4 aromatic rings. The van der Waals surface area contributed by atoms with Crippen molar-refractivity contribution in [3.05, 3.63) is 101 Å². The smallest absolute Gasteiger partial charge is 0.226 e. The quantitative estimate of drug-likeness (QED) is 0.251. The lowest BCUT2D eigenvalue weighted by molar-refractivity contribution is -0.116. The van der Waals surface area contributed by atoms with E-state index in [2.05, 4.69) is 15.6 Å². The Hall–Kier alpha value is -3.88. The van der Waals surface area contributed by atoms with Gasteiger partial charge in [-0.2, -0.15) is 0 Å². The Labute approximate surface area is 231 Å². The van der Waals surface area contributed by atoms with Crippen LogP contribution in [0.25, 0.3) is 11.3 Å². The highest BCUT2D eigenvalue weighted by atomic mass is 35.5. The van der Waals surface area contributed by atoms with Gasteiger partial charge in [-0.05, 0) is 67.2 Å². The van der Waals surface area contributed by atoms with E-state index < -0.39 is 0 Å². The summed E-state index contributed by atoms with van der Waals surface area (Å²) in [4.78, 5) is 19.4. The molecule has 0 radical (unpaired) electrons. The molecule has 1 fully saturated rings. The van der Waals surface area contributed by atoms with Crippen LogP contribution in [0.4, 0.5) is 5.69 Å². The Kier molecular flexibility index (Phi) is 7.62. The van der Waals surface area contributed by atoms with Gasteiger partial charge in [0.1, 0.15) is 23.3 Å². The van der Waals surface area contributed by atoms with Gasteiger partial charge < -0.3 is 24.7 Å². The fraction of sp³-hybridized carbons (Fsp3) is 0.207. The molecule has 194 valence electrons. The number of amides is 1. The Morgan fingerprint density at radius 3 is 2.74 bits per heavy atom. The van der Waals surface area contributed by atoms with E-state index in [1.54, 1.807) is 25.4 Å². The van der Waals surface area contributed by atoms with Crippen LogP contribution >= 0.6 is 23.8 Å². The van der Waals surface area contributed by atoms with Crippen molar-refractivity contribution in [2.45, 2.75) is 25.4 Å². The first kappa shape index (κ1) is 25.8. The SMILES string of the molecule is COc1ccccc1NC(=O)CCN1C(=S)N[C@@H](c2ccccn2)[C@@H]1c1ccc(-c2cccc(Cl)c2C)o1. The zero-order chi connectivity index (χ0) is 26.6. The molecule has 1 saturated heterocycles. The standard InChI is InChI=1S/C29H27ClN4O3S/c1-18-19(8-7-9-20(18)30)23-13-14-25(37-23)28-27(22-11-5-6-16-31-22)33-29(38)34(28)17-15-26(35)32-21-10-3-4-12-24(21)36-2/h3-14,16,27-28H,15,17H2,1-2H3,(H,32,35)(H,33,38)/t27-,28-/m0/s1. The van der Waals surface area contributed by atoms with Crippen molar-refractivity contribution in [3.63, 3.8) is 0 Å². The number of benzene rings is 2. The predicted molar refractivity (Wildman–Crippen MR) is 152 cm³/mol. The van der Waals surface area contributed by atoms with Crippen LogP contribution in [0, 0.1) is 6.92 Å². The van der Waals surface area contributed by atoms with Crippen LogP contribution < -0.4 is 15.4 Å². The number of pyridine rings is 1. The van der Waals surface area contributed by atoms with Crippen LogP contribution in [-0.2, 0) is 4.79 Å². The first-order chi connectivity index (χ1) is 18.5. The van der Waals surface area contributed by atoms with Gasteiger partial charge in [-0.1, -0.05) is 41.9 Å². The number of ether oxygens (including phenoxy) is 1. The van der Waals surface area contributed by atoms with E-state index in [0.717, 1.165) is 16.8 Å². The fourth-order valence-electron chi connectivity index (χ4n) is 4.67. The number of anilines is 1. The van der Waals surface area contributed by atoms with Crippen LogP contribution in [0.1, 0.15) is 35.5 Å². The molecule has 0 spiro atoms. The van der Waals surface area contributed by atoms with E-state index in [-0.39, 0.29) is 24.4 Å². The number of hydrogen-bond acceptors (Lipinski definition) is 5. The summed E-state index contributed by atoms with van der Waals surface area (Å²) in [7, 11) is 1.57. The number of thiocarbonyl (C=S) groups is 1. The minimum absolute atomic E-state index is 0.146. The minimum atomic E-state index is -0.301. The number of carbonyl (C=O) groups excluding carboxylic acids is 1. The van der Waals surface area contributed by atoms with Gasteiger partial charge >= 0.3 is 0 Å². The third-order valence-electron chi connectivity index (χ3n) is 6.61. The summed E-state index contributed by atoms with van der Waals surface area (Å²) in [5.74, 6) is 1.89. The van der Waals surface area contributed by atoms with Crippen LogP contribution in [0.5, 0.6) is 5.75 Å². The molecule has 2 N–H and O–H groups in total. The van der Waals surface area contributed by atoms with Crippen LogP contribution in [0.15, 0.2) is 83.4 Å². The maximum absolute atomic E-state index is 12.9. The van der Waals surface area contributed by atoms with Crippen molar-refractivity contribution < 1.29 is 13.9 Å². The van der Waals surface area contributed by atoms with Gasteiger partial charge in [-0.25, -0.2) is 0 Å². The lowest BCUT2D eigenvalue weighted by Gasteiger charge is -2.26. The molecule has 9 heteroatoms. The van der Waals surface area contributed by atoms with Crippen LogP contribution in [-0.4, -0.2) is 34.6 Å². The third kappa shape index (κ3) is 5.23. The number of para-hydroxylation sites is 2. The molecule has 0 bridgehead atoms. The highest BCUT2D eigenvalue weighted by molar-refractivity contribution is 7.80. The molecule has 38 heavy (non-hydrogen) atoms. The zero-order valence-corrected chi connectivity index (χ0v) is 22.6. The molecule has 0 unspecified atom stereocenters. The molecule has 2 aromatic heterocycles. The largest absolute Gasteiger partial charge is 0.495 e. The summed E-state index contributed by atoms with van der Waals surface area (Å²) >= 11 is 12.1. The van der Waals surface area contributed by atoms with Crippen molar-refractivity contribution in [2.75, 3.05) is 19.0 Å². The number of carbonyl (C=O) groups is 1. The Morgan fingerprint density at radius 1 is 1.13 bits per heavy atom. The van der Waals surface area contributed by atoms with Crippen molar-refractivity contribution in [1.29, 1.82) is 0 Å². The van der Waals surface area contributed by atoms with Gasteiger partial charge in [0.15, 0.2) is 5.11 Å². The fourth-order valence-corrected chi connectivity index (χ4v) is 5.18. The van der Waals surface area contributed by atoms with Gasteiger partial charge in [-0.3, -0.25) is 9.78 Å². The number of aromatic nitrogens is 1. The average molecular weight is 547 g/mol. The van der Waals surface area contributed by atoms with Crippen molar-refractivity contribution >= 4 is 40.5 Å². The van der Waals surface area contributed by atoms with Crippen LogP contribution in [0.2, 0.25) is 5.02 Å². The summed E-state index contributed by atoms with van der Waals surface area (Å²) in [6.45, 7) is 2.35. The Balaban J connectivity index is 1.41. The van der Waals surface area contributed by atoms with E-state index >= 15 is 0 Å². The van der Waals surface area contributed by atoms with E-state index in [4.69, 9.17) is 33.0 Å². The first-order valence-corrected chi connectivity index (χ1v) is 13.0. The highest BCUT2D eigenvalue weighted by Gasteiger charge is 2.41. The lowest BCUT2D eigenvalue weighted by atomic mass is 10.0. The summed E-state index contributed by atoms with van der Waals surface area (Å²) in [5, 5.41) is 7.54. The maximum atomic E-state index is 12.9. The number of nitrogens with one attached hydrogen (secondary N) is 2. The van der Waals surface area contributed by atoms with Crippen molar-refractivity contribution in [2.24, 2.45) is 0 Å². The molecule has 1 amide bonds. The molecule has 1 aliphatic heterocycles. The number of rotatable bonds is 8. The van der Waals surface area contributed by atoms with Gasteiger partial charge in [-0.15, -0.1) is 0 Å². The second-order valence-electron chi connectivity index (χ2n) is 8.93. The molecule has 2 atom stereocenters. The van der Waals surface area contributed by atoms with E-state index in [1.165, 1.54) is 0 Å². The second kappa shape index (κ2) is 11.2. The van der Waals surface area contributed by atoms with Gasteiger partial charge in [0.05, 0.1) is 24.5 Å². The van der Waals surface area contributed by atoms with E-state index in [0.29, 0.717) is 39.6 Å². The number of hydrogen-bond donors (Lipinski definition) is 2. The molecule has 3 heterocycles. The zero-order valence-electron chi connectivity index (χ0n) is 21.0. The minimum Gasteiger partial charge on any atom is -0.495 e. The topological polar surface area (TPSA) is 79.6 Å². The molecule has 5 rings (SSSR count). The van der Waals surface area contributed by atoms with Crippen LogP contribution in [0.3, 0.4) is 0 Å². The molecule has 1 aliphatic rings. The van der Waals surface area contributed by atoms with Gasteiger partial charge in [0.25, 0.3) is 0 Å². The van der Waals surface area contributed by atoms with Gasteiger partial charge in [0.2, 0.25) is 5.91 Å². The molecule has 7 nitrogen and oxygen atoms in total. The molecular formula is C29H27ClN4O3S. The lowest BCUT2D eigenvalue weighted by Crippen LogP contribution is -2.32. The normalized spacial score (nSPS) is 16.8. The Bertz CT molecular complexity index is 1460. The van der Waals surface area contributed by atoms with Crippen molar-refractivity contribution in [1.82, 2.24) is 15.2 Å². The van der Waals surface area contributed by atoms with E-state index in [1.807, 2.05) is 72.5 Å². The molecule has 0 saturated carbocycles. The summed E-state index contributed by atoms with van der Waals surface area (Å²) in [6.07, 6.45) is 1.97. The predicted octanol–water partition coefficient (Wildman–Crippen LogP) is 6.31. The maximum Gasteiger partial charge on any atom is 0.226 e. The number of nitrogens with zero attached hydrogens (tertiary/aromatic N) is 2. The molecular weight excluding hydrogens is 520 g/mol. The average Bonchev–Trinajstić information content (AvgIpc) is 3.54. The summed E-state index contributed by atoms with van der Waals surface area (Å²) in [6, 6.07) is 22.2. The number of halogens is 1. The number of furan rings is 1. The summed E-state index contributed by atoms with van der Waals surface area (Å²) < 4.78 is 11.8. The first-order valence-electron chi connectivity index (χ1n) is 12.2. The summed E-state index contributed by atoms with van der Waals surface area (Å²) in [5.41, 5.74) is 3.32. The number of methoxy groups -OCH3 is 1. The third-order valence-corrected chi connectivity index (χ3v) is 7.37. The highest BCUT2D eigenvalue weighted by Crippen LogP contribution is 2.41. The van der Waals surface area contributed by atoms with Crippen molar-refractivity contribution in [3.8, 4) is 17.1 Å². The monoisotopic (exact) mass is 546 g/mol. The van der Waals surface area contributed by atoms with E-state index in [9.17, 15) is 4.79 Å². The second-order valence-corrected chi connectivity index (χ2v) is 9.73.